The Hall–Kier alpha value is -3.49. The lowest BCUT2D eigenvalue weighted by Crippen LogP contribution is -2.11. The minimum absolute atomic E-state index is 0.129. The second-order valence-corrected chi connectivity index (χ2v) is 5.15. The Morgan fingerprint density at radius 2 is 1.88 bits per heavy atom. The van der Waals surface area contributed by atoms with Gasteiger partial charge >= 0.3 is 0 Å². The molecule has 0 bridgehead atoms. The lowest BCUT2D eigenvalue weighted by Gasteiger charge is -2.03. The van der Waals surface area contributed by atoms with Crippen LogP contribution in [0.1, 0.15) is 21.7 Å². The van der Waals surface area contributed by atoms with Crippen LogP contribution in [0.2, 0.25) is 0 Å². The first-order chi connectivity index (χ1) is 11.5. The zero-order valence-corrected chi connectivity index (χ0v) is 13.1. The highest BCUT2D eigenvalue weighted by molar-refractivity contribution is 5.98. The van der Waals surface area contributed by atoms with Crippen molar-refractivity contribution in [3.05, 3.63) is 57.6 Å². The van der Waals surface area contributed by atoms with Crippen molar-refractivity contribution in [1.82, 2.24) is 20.0 Å². The van der Waals surface area contributed by atoms with E-state index in [0.29, 0.717) is 17.1 Å². The number of hydrogen-bond acceptors (Lipinski definition) is 5. The number of carbonyl (C=O) groups excluding carboxylic acids is 1. The number of azo groups is 1. The second kappa shape index (κ2) is 5.95. The summed E-state index contributed by atoms with van der Waals surface area (Å²) in [5.41, 5.74) is 6.99. The predicted octanol–water partition coefficient (Wildman–Crippen LogP) is 2.02. The molecule has 9 heteroatoms. The third kappa shape index (κ3) is 2.62. The average Bonchev–Trinajstić information content (AvgIpc) is 3.06. The van der Waals surface area contributed by atoms with Crippen LogP contribution in [0.15, 0.2) is 45.4 Å². The molecule has 3 aromatic rings. The average molecular weight is 325 g/mol. The summed E-state index contributed by atoms with van der Waals surface area (Å²) in [5, 5.41) is 17.4. The van der Waals surface area contributed by atoms with Gasteiger partial charge in [-0.2, -0.15) is 5.10 Å². The van der Waals surface area contributed by atoms with Crippen molar-refractivity contribution in [2.24, 2.45) is 16.0 Å². The van der Waals surface area contributed by atoms with Gasteiger partial charge in [0.2, 0.25) is 0 Å². The fraction of sp³-hybridized carbons (Fsp3) is 0.133. The molecule has 2 aromatic heterocycles. The maximum absolute atomic E-state index is 11.8. The van der Waals surface area contributed by atoms with Gasteiger partial charge in [0.1, 0.15) is 5.56 Å². The Morgan fingerprint density at radius 3 is 2.46 bits per heavy atom. The SMILES string of the molecule is Cc1nn(-c2ccccc2)c(N=Nc2c(C)[nH][nH]c2=O)c1C(N)=O. The molecular formula is C15H15N7O2. The predicted molar refractivity (Wildman–Crippen MR) is 87.1 cm³/mol. The van der Waals surface area contributed by atoms with E-state index in [-0.39, 0.29) is 17.1 Å². The highest BCUT2D eigenvalue weighted by atomic mass is 16.1. The van der Waals surface area contributed by atoms with Crippen molar-refractivity contribution in [2.75, 3.05) is 0 Å². The summed E-state index contributed by atoms with van der Waals surface area (Å²) >= 11 is 0. The van der Waals surface area contributed by atoms with Crippen LogP contribution in [0.5, 0.6) is 0 Å². The zero-order chi connectivity index (χ0) is 17.3. The Bertz CT molecular complexity index is 979. The zero-order valence-electron chi connectivity index (χ0n) is 13.1. The van der Waals surface area contributed by atoms with Crippen molar-refractivity contribution < 1.29 is 4.79 Å². The topological polar surface area (TPSA) is 134 Å². The van der Waals surface area contributed by atoms with Gasteiger partial charge < -0.3 is 10.8 Å². The monoisotopic (exact) mass is 325 g/mol. The van der Waals surface area contributed by atoms with Gasteiger partial charge in [-0.3, -0.25) is 14.7 Å². The van der Waals surface area contributed by atoms with Crippen molar-refractivity contribution >= 4 is 17.4 Å². The summed E-state index contributed by atoms with van der Waals surface area (Å²) in [7, 11) is 0. The van der Waals surface area contributed by atoms with Gasteiger partial charge in [0.25, 0.3) is 11.5 Å². The van der Waals surface area contributed by atoms with Crippen molar-refractivity contribution in [3.8, 4) is 5.69 Å². The number of nitrogens with zero attached hydrogens (tertiary/aromatic N) is 4. The van der Waals surface area contributed by atoms with Gasteiger partial charge in [-0.05, 0) is 26.0 Å². The minimum Gasteiger partial charge on any atom is -0.365 e. The van der Waals surface area contributed by atoms with E-state index in [4.69, 9.17) is 5.73 Å². The second-order valence-electron chi connectivity index (χ2n) is 5.15. The number of primary amides is 1. The Kier molecular flexibility index (Phi) is 3.82. The maximum Gasteiger partial charge on any atom is 0.291 e. The summed E-state index contributed by atoms with van der Waals surface area (Å²) in [4.78, 5) is 23.5. The molecule has 9 nitrogen and oxygen atoms in total. The molecule has 0 aliphatic heterocycles. The molecular weight excluding hydrogens is 310 g/mol. The number of amides is 1. The number of para-hydroxylation sites is 1. The lowest BCUT2D eigenvalue weighted by molar-refractivity contribution is 0.100. The molecule has 122 valence electrons. The molecule has 4 N–H and O–H groups in total. The molecule has 1 amide bonds. The number of aromatic amines is 2. The van der Waals surface area contributed by atoms with Crippen molar-refractivity contribution in [1.29, 1.82) is 0 Å². The van der Waals surface area contributed by atoms with Gasteiger partial charge in [0, 0.05) is 0 Å². The Balaban J connectivity index is 2.18. The molecule has 0 saturated carbocycles. The fourth-order valence-corrected chi connectivity index (χ4v) is 2.30. The van der Waals surface area contributed by atoms with Crippen LogP contribution in [0.3, 0.4) is 0 Å². The number of carbonyl (C=O) groups is 1. The third-order valence-corrected chi connectivity index (χ3v) is 3.46. The standard InChI is InChI=1S/C15H15N7O2/c1-8-11(13(16)23)14(19-18-12-9(2)17-20-15(12)24)22(21-8)10-6-4-3-5-7-10/h3-7H,1-2H3,(H2,16,23)(H2,17,20,24). The van der Waals surface area contributed by atoms with Crippen LogP contribution < -0.4 is 11.3 Å². The maximum atomic E-state index is 11.8. The Labute approximate surface area is 136 Å². The van der Waals surface area contributed by atoms with E-state index in [1.165, 1.54) is 4.68 Å². The molecule has 0 atom stereocenters. The first-order valence-electron chi connectivity index (χ1n) is 7.13. The van der Waals surface area contributed by atoms with Crippen LogP contribution in [-0.4, -0.2) is 25.9 Å². The van der Waals surface area contributed by atoms with E-state index in [0.717, 1.165) is 0 Å². The number of H-pyrrole nitrogens is 2. The van der Waals surface area contributed by atoms with Crippen molar-refractivity contribution in [2.45, 2.75) is 13.8 Å². The van der Waals surface area contributed by atoms with E-state index in [2.05, 4.69) is 25.5 Å². The van der Waals surface area contributed by atoms with Crippen LogP contribution in [0.25, 0.3) is 5.69 Å². The molecule has 0 fully saturated rings. The van der Waals surface area contributed by atoms with E-state index in [1.807, 2.05) is 30.3 Å². The molecule has 0 aliphatic rings. The molecule has 0 unspecified atom stereocenters. The van der Waals surface area contributed by atoms with E-state index < -0.39 is 11.5 Å². The third-order valence-electron chi connectivity index (χ3n) is 3.46. The van der Waals surface area contributed by atoms with Gasteiger partial charge in [0.15, 0.2) is 11.5 Å². The first-order valence-corrected chi connectivity index (χ1v) is 7.13. The molecule has 0 radical (unpaired) electrons. The van der Waals surface area contributed by atoms with Gasteiger partial charge in [-0.15, -0.1) is 10.2 Å². The van der Waals surface area contributed by atoms with E-state index in [9.17, 15) is 9.59 Å². The van der Waals surface area contributed by atoms with E-state index in [1.54, 1.807) is 13.8 Å². The molecule has 2 heterocycles. The lowest BCUT2D eigenvalue weighted by atomic mass is 10.2. The van der Waals surface area contributed by atoms with Gasteiger partial charge in [0.05, 0.1) is 17.1 Å². The summed E-state index contributed by atoms with van der Waals surface area (Å²) in [5.74, 6) is -0.491. The van der Waals surface area contributed by atoms with Crippen LogP contribution >= 0.6 is 0 Å². The number of rotatable bonds is 4. The molecule has 24 heavy (non-hydrogen) atoms. The smallest absolute Gasteiger partial charge is 0.291 e. The molecule has 0 spiro atoms. The fourth-order valence-electron chi connectivity index (χ4n) is 2.30. The number of nitrogens with one attached hydrogen (secondary N) is 2. The molecule has 0 aliphatic carbocycles. The first kappa shape index (κ1) is 15.4. The van der Waals surface area contributed by atoms with Crippen LogP contribution in [-0.2, 0) is 0 Å². The van der Waals surface area contributed by atoms with Crippen molar-refractivity contribution in [3.63, 3.8) is 0 Å². The molecule has 3 rings (SSSR count). The number of aromatic nitrogens is 4. The number of aryl methyl sites for hydroxylation is 2. The highest BCUT2D eigenvalue weighted by Crippen LogP contribution is 2.27. The number of benzene rings is 1. The van der Waals surface area contributed by atoms with Gasteiger partial charge in [-0.1, -0.05) is 18.2 Å². The number of hydrogen-bond donors (Lipinski definition) is 3. The molecule has 1 aromatic carbocycles. The van der Waals surface area contributed by atoms with E-state index >= 15 is 0 Å². The summed E-state index contributed by atoms with van der Waals surface area (Å²) < 4.78 is 1.47. The van der Waals surface area contributed by atoms with Crippen LogP contribution in [0, 0.1) is 13.8 Å². The Morgan fingerprint density at radius 1 is 1.17 bits per heavy atom. The van der Waals surface area contributed by atoms with Gasteiger partial charge in [-0.25, -0.2) is 4.68 Å². The number of nitrogens with two attached hydrogens (primary N) is 1. The largest absolute Gasteiger partial charge is 0.365 e. The quantitative estimate of drug-likeness (QED) is 0.633. The van der Waals surface area contributed by atoms with Crippen LogP contribution in [0.4, 0.5) is 11.5 Å². The molecule has 0 saturated heterocycles. The minimum atomic E-state index is -0.664. The summed E-state index contributed by atoms with van der Waals surface area (Å²) in [6.45, 7) is 3.34. The normalized spacial score (nSPS) is 11.2. The summed E-state index contributed by atoms with van der Waals surface area (Å²) in [6, 6.07) is 9.14. The highest BCUT2D eigenvalue weighted by Gasteiger charge is 2.21. The summed E-state index contributed by atoms with van der Waals surface area (Å²) in [6.07, 6.45) is 0.